The summed E-state index contributed by atoms with van der Waals surface area (Å²) >= 11 is 4.76. The van der Waals surface area contributed by atoms with Crippen LogP contribution in [-0.4, -0.2) is 39.5 Å². The fourth-order valence-electron chi connectivity index (χ4n) is 2.01. The molecule has 4 N–H and O–H groups in total. The lowest BCUT2D eigenvalue weighted by molar-refractivity contribution is 0.131. The fraction of sp³-hybridized carbons (Fsp3) is 0.400. The summed E-state index contributed by atoms with van der Waals surface area (Å²) in [5.74, 6) is 0. The Morgan fingerprint density at radius 2 is 2.05 bits per heavy atom. The number of rotatable bonds is 7. The van der Waals surface area contributed by atoms with E-state index >= 15 is 0 Å². The summed E-state index contributed by atoms with van der Waals surface area (Å²) < 4.78 is 0. The highest BCUT2D eigenvalue weighted by Gasteiger charge is 2.15. The van der Waals surface area contributed by atoms with E-state index in [1.165, 1.54) is 4.90 Å². The van der Waals surface area contributed by atoms with Gasteiger partial charge in [-0.25, -0.2) is 4.79 Å². The van der Waals surface area contributed by atoms with Gasteiger partial charge >= 0.3 is 6.09 Å². The van der Waals surface area contributed by atoms with Crippen molar-refractivity contribution in [3.63, 3.8) is 0 Å². The lowest BCUT2D eigenvalue weighted by Crippen LogP contribution is -2.36. The quantitative estimate of drug-likeness (QED) is 0.407. The maximum atomic E-state index is 11.2. The van der Waals surface area contributed by atoms with Gasteiger partial charge in [-0.3, -0.25) is 5.43 Å². The standard InChI is InChI=1S/C15H22N4O2S/c1-11(2)19(15(20)21)10-6-9-13(17-18-14(16)22)12-7-4-3-5-8-12/h3-5,7-8,11H,6,9-10H2,1-2H3,(H,20,21)(H3,16,18,22). The van der Waals surface area contributed by atoms with Crippen molar-refractivity contribution in [1.29, 1.82) is 0 Å². The number of carbonyl (C=O) groups is 1. The Labute approximate surface area is 136 Å². The van der Waals surface area contributed by atoms with E-state index in [-0.39, 0.29) is 11.2 Å². The third-order valence-electron chi connectivity index (χ3n) is 3.09. The average Bonchev–Trinajstić information content (AvgIpc) is 2.46. The van der Waals surface area contributed by atoms with Crippen LogP contribution < -0.4 is 11.2 Å². The minimum Gasteiger partial charge on any atom is -0.465 e. The van der Waals surface area contributed by atoms with Crippen LogP contribution in [0.2, 0.25) is 0 Å². The summed E-state index contributed by atoms with van der Waals surface area (Å²) in [5.41, 5.74) is 9.75. The number of hydrogen-bond acceptors (Lipinski definition) is 3. The molecule has 6 nitrogen and oxygen atoms in total. The number of hydrazone groups is 1. The van der Waals surface area contributed by atoms with Gasteiger partial charge in [-0.15, -0.1) is 0 Å². The number of nitrogens with zero attached hydrogens (tertiary/aromatic N) is 2. The number of benzene rings is 1. The number of hydrogen-bond donors (Lipinski definition) is 3. The van der Waals surface area contributed by atoms with Gasteiger partial charge < -0.3 is 15.7 Å². The molecule has 0 unspecified atom stereocenters. The number of thiocarbonyl (C=S) groups is 1. The SMILES string of the molecule is CC(C)N(CCCC(=NNC(N)=S)c1ccccc1)C(=O)O. The van der Waals surface area contributed by atoms with Crippen LogP contribution in [-0.2, 0) is 0 Å². The van der Waals surface area contributed by atoms with Gasteiger partial charge in [-0.05, 0) is 44.5 Å². The molecule has 1 rings (SSSR count). The molecule has 0 atom stereocenters. The smallest absolute Gasteiger partial charge is 0.407 e. The van der Waals surface area contributed by atoms with E-state index in [4.69, 9.17) is 23.1 Å². The first-order valence-electron chi connectivity index (χ1n) is 7.08. The van der Waals surface area contributed by atoms with Crippen molar-refractivity contribution in [1.82, 2.24) is 10.3 Å². The van der Waals surface area contributed by atoms with Crippen LogP contribution in [0.5, 0.6) is 0 Å². The Morgan fingerprint density at radius 3 is 2.55 bits per heavy atom. The first kappa shape index (κ1) is 17.9. The number of nitrogens with one attached hydrogen (secondary N) is 1. The molecule has 0 radical (unpaired) electrons. The summed E-state index contributed by atoms with van der Waals surface area (Å²) in [6.45, 7) is 4.16. The molecule has 0 saturated carbocycles. The highest BCUT2D eigenvalue weighted by molar-refractivity contribution is 7.80. The molecule has 1 aromatic carbocycles. The van der Waals surface area contributed by atoms with Gasteiger partial charge in [0.2, 0.25) is 0 Å². The average molecular weight is 322 g/mol. The molecule has 0 saturated heterocycles. The molecule has 0 aromatic heterocycles. The second-order valence-electron chi connectivity index (χ2n) is 5.07. The fourth-order valence-corrected chi connectivity index (χ4v) is 2.06. The van der Waals surface area contributed by atoms with E-state index in [0.29, 0.717) is 19.4 Å². The molecule has 0 aliphatic rings. The third-order valence-corrected chi connectivity index (χ3v) is 3.18. The first-order valence-corrected chi connectivity index (χ1v) is 7.49. The van der Waals surface area contributed by atoms with Crippen LogP contribution in [0.15, 0.2) is 35.4 Å². The second kappa shape index (κ2) is 8.99. The Bertz CT molecular complexity index is 532. The summed E-state index contributed by atoms with van der Waals surface area (Å²) in [6, 6.07) is 9.60. The zero-order valence-electron chi connectivity index (χ0n) is 12.8. The van der Waals surface area contributed by atoms with Gasteiger partial charge in [0.25, 0.3) is 0 Å². The maximum Gasteiger partial charge on any atom is 0.407 e. The van der Waals surface area contributed by atoms with Crippen molar-refractivity contribution >= 4 is 29.1 Å². The molecule has 0 heterocycles. The van der Waals surface area contributed by atoms with Crippen LogP contribution in [0.4, 0.5) is 4.79 Å². The summed E-state index contributed by atoms with van der Waals surface area (Å²) in [6.07, 6.45) is 0.377. The maximum absolute atomic E-state index is 11.2. The Balaban J connectivity index is 2.72. The highest BCUT2D eigenvalue weighted by Crippen LogP contribution is 2.09. The topological polar surface area (TPSA) is 91.0 Å². The molecule has 1 aromatic rings. The predicted octanol–water partition coefficient (Wildman–Crippen LogP) is 2.39. The Morgan fingerprint density at radius 1 is 1.41 bits per heavy atom. The lowest BCUT2D eigenvalue weighted by atomic mass is 10.1. The molecular formula is C15H22N4O2S. The molecule has 0 fully saturated rings. The zero-order chi connectivity index (χ0) is 16.5. The molecule has 7 heteroatoms. The monoisotopic (exact) mass is 322 g/mol. The van der Waals surface area contributed by atoms with E-state index in [9.17, 15) is 4.79 Å². The Kier molecular flexibility index (Phi) is 7.31. The van der Waals surface area contributed by atoms with Gasteiger partial charge in [0.1, 0.15) is 0 Å². The summed E-state index contributed by atoms with van der Waals surface area (Å²) in [5, 5.41) is 13.5. The molecule has 22 heavy (non-hydrogen) atoms. The first-order chi connectivity index (χ1) is 10.4. The number of carboxylic acid groups (broad SMARTS) is 1. The normalized spacial score (nSPS) is 11.3. The van der Waals surface area contributed by atoms with E-state index in [2.05, 4.69) is 10.5 Å². The molecule has 120 valence electrons. The molecular weight excluding hydrogens is 300 g/mol. The third kappa shape index (κ3) is 6.09. The number of nitrogens with two attached hydrogens (primary N) is 1. The van der Waals surface area contributed by atoms with Crippen molar-refractivity contribution in [3.8, 4) is 0 Å². The van der Waals surface area contributed by atoms with Gasteiger partial charge in [-0.2, -0.15) is 5.10 Å². The molecule has 0 bridgehead atoms. The largest absolute Gasteiger partial charge is 0.465 e. The van der Waals surface area contributed by atoms with Crippen LogP contribution in [0, 0.1) is 0 Å². The molecule has 0 aliphatic carbocycles. The highest BCUT2D eigenvalue weighted by atomic mass is 32.1. The minimum absolute atomic E-state index is 0.0515. The van der Waals surface area contributed by atoms with E-state index < -0.39 is 6.09 Å². The second-order valence-corrected chi connectivity index (χ2v) is 5.51. The van der Waals surface area contributed by atoms with Crippen LogP contribution in [0.1, 0.15) is 32.3 Å². The number of amides is 1. The molecule has 0 spiro atoms. The van der Waals surface area contributed by atoms with Crippen molar-refractivity contribution < 1.29 is 9.90 Å². The van der Waals surface area contributed by atoms with Crippen LogP contribution >= 0.6 is 12.2 Å². The van der Waals surface area contributed by atoms with Gasteiger partial charge in [0, 0.05) is 12.6 Å². The molecule has 0 aliphatic heterocycles. The van der Waals surface area contributed by atoms with Crippen molar-refractivity contribution in [2.45, 2.75) is 32.7 Å². The molecule has 1 amide bonds. The summed E-state index contributed by atoms with van der Waals surface area (Å²) in [7, 11) is 0. The van der Waals surface area contributed by atoms with Crippen molar-refractivity contribution in [3.05, 3.63) is 35.9 Å². The minimum atomic E-state index is -0.908. The van der Waals surface area contributed by atoms with Crippen LogP contribution in [0.3, 0.4) is 0 Å². The lowest BCUT2D eigenvalue weighted by Gasteiger charge is -2.23. The zero-order valence-corrected chi connectivity index (χ0v) is 13.6. The van der Waals surface area contributed by atoms with Gasteiger partial charge in [0.05, 0.1) is 5.71 Å². The van der Waals surface area contributed by atoms with Gasteiger partial charge in [-0.1, -0.05) is 30.3 Å². The van der Waals surface area contributed by atoms with Gasteiger partial charge in [0.15, 0.2) is 5.11 Å². The van der Waals surface area contributed by atoms with E-state index in [1.54, 1.807) is 0 Å². The van der Waals surface area contributed by atoms with E-state index in [1.807, 2.05) is 44.2 Å². The van der Waals surface area contributed by atoms with Crippen molar-refractivity contribution in [2.75, 3.05) is 6.54 Å². The Hall–Kier alpha value is -2.15. The predicted molar refractivity (Wildman–Crippen MR) is 92.0 cm³/mol. The van der Waals surface area contributed by atoms with Crippen LogP contribution in [0.25, 0.3) is 0 Å². The summed E-state index contributed by atoms with van der Waals surface area (Å²) in [4.78, 5) is 12.6. The van der Waals surface area contributed by atoms with E-state index in [0.717, 1.165) is 11.3 Å². The van der Waals surface area contributed by atoms with Crippen molar-refractivity contribution in [2.24, 2.45) is 10.8 Å².